The van der Waals surface area contributed by atoms with Gasteiger partial charge in [-0.2, -0.15) is 5.90 Å². The van der Waals surface area contributed by atoms with E-state index in [-0.39, 0.29) is 5.75 Å². The van der Waals surface area contributed by atoms with Crippen molar-refractivity contribution in [1.29, 1.82) is 0 Å². The molecule has 0 saturated heterocycles. The van der Waals surface area contributed by atoms with Crippen LogP contribution in [0.4, 0.5) is 17.1 Å². The molecule has 3 aromatic carbocycles. The number of nitrogens with zero attached hydrogens (tertiary/aromatic N) is 2. The van der Waals surface area contributed by atoms with E-state index in [1.165, 1.54) is 5.56 Å². The van der Waals surface area contributed by atoms with Crippen molar-refractivity contribution in [3.8, 4) is 28.7 Å². The predicted molar refractivity (Wildman–Crippen MR) is 189 cm³/mol. The smallest absolute Gasteiger partial charge is 0.188 e. The number of phenols is 2. The van der Waals surface area contributed by atoms with Gasteiger partial charge in [-0.05, 0) is 103 Å². The van der Waals surface area contributed by atoms with Gasteiger partial charge in [0.15, 0.2) is 22.8 Å². The molecule has 0 unspecified atom stereocenters. The maximum Gasteiger partial charge on any atom is 0.188 e. The normalized spacial score (nSPS) is 10.9. The van der Waals surface area contributed by atoms with Crippen LogP contribution < -0.4 is 32.0 Å². The summed E-state index contributed by atoms with van der Waals surface area (Å²) in [6.45, 7) is 19.4. The Kier molecular flexibility index (Phi) is 13.1. The predicted octanol–water partition coefficient (Wildman–Crippen LogP) is 7.42. The average Bonchev–Trinajstić information content (AvgIpc) is 3.03. The Hall–Kier alpha value is -4.96. The highest BCUT2D eigenvalue weighted by atomic mass is 16.6. The van der Waals surface area contributed by atoms with Crippen LogP contribution in [0.5, 0.6) is 17.2 Å². The molecule has 10 heteroatoms. The maximum absolute atomic E-state index is 9.40. The summed E-state index contributed by atoms with van der Waals surface area (Å²) < 4.78 is 6.14. The minimum atomic E-state index is 0.0454. The van der Waals surface area contributed by atoms with Gasteiger partial charge in [0, 0.05) is 66.5 Å². The van der Waals surface area contributed by atoms with Crippen LogP contribution in [0, 0.1) is 27.7 Å². The molecule has 2 aliphatic rings. The molecular formula is C36H48N6O4. The number of aromatic hydroxyl groups is 2. The number of phenolic OH excluding ortho intramolecular Hbond substituents is 2. The third-order valence-electron chi connectivity index (χ3n) is 7.28. The molecule has 0 fully saturated rings. The van der Waals surface area contributed by atoms with Gasteiger partial charge in [0.2, 0.25) is 0 Å². The van der Waals surface area contributed by atoms with E-state index >= 15 is 0 Å². The van der Waals surface area contributed by atoms with E-state index in [1.54, 1.807) is 18.2 Å². The first-order chi connectivity index (χ1) is 22.1. The number of hydrogen-bond donors (Lipinski definition) is 6. The van der Waals surface area contributed by atoms with Crippen molar-refractivity contribution >= 4 is 28.2 Å². The Morgan fingerprint density at radius 1 is 0.761 bits per heavy atom. The van der Waals surface area contributed by atoms with Gasteiger partial charge in [-0.3, -0.25) is 4.99 Å². The quantitative estimate of drug-likeness (QED) is 0.0762. The molecule has 246 valence electrons. The van der Waals surface area contributed by atoms with Crippen LogP contribution >= 0.6 is 0 Å². The van der Waals surface area contributed by atoms with Gasteiger partial charge in [-0.25, -0.2) is 4.98 Å². The van der Waals surface area contributed by atoms with Crippen LogP contribution in [0.3, 0.4) is 0 Å². The summed E-state index contributed by atoms with van der Waals surface area (Å²) in [4.78, 5) is 13.7. The van der Waals surface area contributed by atoms with Gasteiger partial charge in [0.05, 0.1) is 5.36 Å². The number of nitrogens with two attached hydrogens (primary N) is 1. The second-order valence-electron chi connectivity index (χ2n) is 10.7. The molecule has 1 aliphatic heterocycles. The lowest BCUT2D eigenvalue weighted by atomic mass is 10.1. The van der Waals surface area contributed by atoms with Crippen LogP contribution in [0.2, 0.25) is 0 Å². The average molecular weight is 629 g/mol. The lowest BCUT2D eigenvalue weighted by molar-refractivity contribution is 0.312. The highest BCUT2D eigenvalue weighted by molar-refractivity contribution is 5.82. The Bertz CT molecular complexity index is 1780. The fourth-order valence-electron chi connectivity index (χ4n) is 4.84. The van der Waals surface area contributed by atoms with Gasteiger partial charge in [-0.1, -0.05) is 6.07 Å². The number of benzene rings is 4. The van der Waals surface area contributed by atoms with Crippen molar-refractivity contribution in [2.24, 2.45) is 10.9 Å². The molecule has 0 bridgehead atoms. The van der Waals surface area contributed by atoms with Crippen molar-refractivity contribution in [1.82, 2.24) is 4.98 Å². The fourth-order valence-corrected chi connectivity index (χ4v) is 4.84. The number of aryl methyl sites for hydroxylation is 2. The first-order valence-electron chi connectivity index (χ1n) is 15.6. The van der Waals surface area contributed by atoms with E-state index in [2.05, 4.69) is 45.7 Å². The van der Waals surface area contributed by atoms with E-state index in [0.29, 0.717) is 11.5 Å². The summed E-state index contributed by atoms with van der Waals surface area (Å²) in [6.07, 6.45) is 0. The SMILES string of the molecule is CCN=c1ccc2nc3cc(C)c(NCC)cc3oc-2c1C.CCNc1cc(O)c(ON)cc1C.CCNc1cccc(O)c1C. The van der Waals surface area contributed by atoms with E-state index < -0.39 is 0 Å². The summed E-state index contributed by atoms with van der Waals surface area (Å²) in [6, 6.07) is 16.9. The molecule has 0 aromatic heterocycles. The van der Waals surface area contributed by atoms with Gasteiger partial charge < -0.3 is 35.4 Å². The van der Waals surface area contributed by atoms with Crippen molar-refractivity contribution in [2.45, 2.75) is 55.4 Å². The van der Waals surface area contributed by atoms with E-state index in [1.807, 2.05) is 71.9 Å². The van der Waals surface area contributed by atoms with E-state index in [9.17, 15) is 10.2 Å². The first kappa shape index (κ1) is 35.5. The first-order valence-corrected chi connectivity index (χ1v) is 15.6. The maximum atomic E-state index is 9.40. The van der Waals surface area contributed by atoms with Crippen LogP contribution in [-0.2, 0) is 0 Å². The summed E-state index contributed by atoms with van der Waals surface area (Å²) in [5.74, 6) is 6.46. The molecule has 0 atom stereocenters. The molecule has 3 aromatic rings. The molecule has 1 aliphatic carbocycles. The molecule has 0 spiro atoms. The zero-order chi connectivity index (χ0) is 33.8. The largest absolute Gasteiger partial charge is 0.508 e. The third kappa shape index (κ3) is 8.82. The number of anilines is 3. The summed E-state index contributed by atoms with van der Waals surface area (Å²) in [5, 5.41) is 29.3. The van der Waals surface area contributed by atoms with Gasteiger partial charge in [-0.15, -0.1) is 0 Å². The number of nitrogens with one attached hydrogen (secondary N) is 3. The fraction of sp³-hybridized carbons (Fsp3) is 0.333. The van der Waals surface area contributed by atoms with Crippen LogP contribution in [0.15, 0.2) is 64.0 Å². The van der Waals surface area contributed by atoms with Crippen molar-refractivity contribution in [2.75, 3.05) is 42.1 Å². The van der Waals surface area contributed by atoms with Crippen LogP contribution in [0.25, 0.3) is 22.6 Å². The van der Waals surface area contributed by atoms with Crippen LogP contribution in [0.1, 0.15) is 49.9 Å². The lowest BCUT2D eigenvalue weighted by Gasteiger charge is -2.12. The monoisotopic (exact) mass is 628 g/mol. The topological polar surface area (TPSA) is 150 Å². The van der Waals surface area contributed by atoms with E-state index in [4.69, 9.17) is 15.3 Å². The van der Waals surface area contributed by atoms with Crippen molar-refractivity contribution < 1.29 is 19.5 Å². The molecule has 46 heavy (non-hydrogen) atoms. The van der Waals surface area contributed by atoms with Crippen molar-refractivity contribution in [3.63, 3.8) is 0 Å². The highest BCUT2D eigenvalue weighted by Crippen LogP contribution is 2.32. The molecule has 0 radical (unpaired) electrons. The molecule has 7 N–H and O–H groups in total. The minimum Gasteiger partial charge on any atom is -0.508 e. The standard InChI is InChI=1S/C18H21N3O.C9H14N2O2.C9H13NO/c1-5-19-13-7-8-14-18(12(13)4)22-17-10-15(20-6-2)11(3)9-16(17)21-14;1-3-11-7-5-8(12)9(13-10)4-6(7)2;1-3-10-8-5-4-6-9(11)7(8)2/h7-10,20H,5-6H2,1-4H3;4-5,11-12H,3,10H2,1-2H3;4-6,10-11H,3H2,1-2H3. The number of hydrogen-bond acceptors (Lipinski definition) is 10. The van der Waals surface area contributed by atoms with E-state index in [0.717, 1.165) is 87.8 Å². The zero-order valence-electron chi connectivity index (χ0n) is 28.2. The summed E-state index contributed by atoms with van der Waals surface area (Å²) in [5.41, 5.74) is 9.65. The minimum absolute atomic E-state index is 0.0454. The zero-order valence-corrected chi connectivity index (χ0v) is 28.2. The second kappa shape index (κ2) is 16.9. The van der Waals surface area contributed by atoms with Gasteiger partial charge in [0.25, 0.3) is 0 Å². The summed E-state index contributed by atoms with van der Waals surface area (Å²) >= 11 is 0. The number of rotatable bonds is 8. The second-order valence-corrected chi connectivity index (χ2v) is 10.7. The molecule has 0 saturated carbocycles. The number of aromatic nitrogens is 1. The lowest BCUT2D eigenvalue weighted by Crippen LogP contribution is -2.09. The highest BCUT2D eigenvalue weighted by Gasteiger charge is 2.14. The van der Waals surface area contributed by atoms with Crippen LogP contribution in [-0.4, -0.2) is 41.4 Å². The Balaban J connectivity index is 0.000000205. The molecule has 10 nitrogen and oxygen atoms in total. The summed E-state index contributed by atoms with van der Waals surface area (Å²) in [7, 11) is 0. The molecular weight excluding hydrogens is 580 g/mol. The van der Waals surface area contributed by atoms with Crippen molar-refractivity contribution in [3.05, 3.63) is 82.2 Å². The Morgan fingerprint density at radius 2 is 1.39 bits per heavy atom. The molecule has 5 rings (SSSR count). The molecule has 0 amide bonds. The third-order valence-corrected chi connectivity index (χ3v) is 7.28. The Labute approximate surface area is 271 Å². The van der Waals surface area contributed by atoms with Gasteiger partial charge >= 0.3 is 0 Å². The number of fused-ring (bicyclic) bond motifs is 2. The molecule has 1 heterocycles. The van der Waals surface area contributed by atoms with Gasteiger partial charge in [0.1, 0.15) is 17.0 Å². The Morgan fingerprint density at radius 3 is 2.02 bits per heavy atom.